The fourth-order valence-electron chi connectivity index (χ4n) is 1.99. The molecule has 2 aromatic rings. The van der Waals surface area contributed by atoms with Gasteiger partial charge in [0.15, 0.2) is 0 Å². The molecule has 164 valence electrons. The Hall–Kier alpha value is -2.99. The summed E-state index contributed by atoms with van der Waals surface area (Å²) in [7, 11) is -3.48. The smallest absolute Gasteiger partial charge is 0.414 e. The standard InChI is InChI=1S/C17H22N2O4S.C2H2O4/c20-15(14-23-16-7-3-1-4-8-16)13-18-11-12-19-24(21,22)17-9-5-2-6-10-17;3-1(4)2(5)6/h1-10,15,18-20H,11-14H2;(H,3,4)(H,5,6). The van der Waals surface area contributed by atoms with Gasteiger partial charge >= 0.3 is 11.9 Å². The van der Waals surface area contributed by atoms with Crippen molar-refractivity contribution in [3.05, 3.63) is 60.7 Å². The van der Waals surface area contributed by atoms with Crippen LogP contribution in [-0.2, 0) is 19.6 Å². The molecule has 1 atom stereocenters. The number of aliphatic carboxylic acids is 2. The highest BCUT2D eigenvalue weighted by Gasteiger charge is 2.12. The van der Waals surface area contributed by atoms with E-state index in [0.29, 0.717) is 18.8 Å². The number of carboxylic acids is 2. The van der Waals surface area contributed by atoms with Gasteiger partial charge in [0.05, 0.1) is 4.90 Å². The largest absolute Gasteiger partial charge is 0.491 e. The molecular formula is C19H24N2O8S. The number of carbonyl (C=O) groups is 2. The molecule has 1 unspecified atom stereocenters. The van der Waals surface area contributed by atoms with E-state index in [0.717, 1.165) is 0 Å². The molecule has 0 aliphatic carbocycles. The highest BCUT2D eigenvalue weighted by molar-refractivity contribution is 7.89. The van der Waals surface area contributed by atoms with Crippen molar-refractivity contribution in [2.24, 2.45) is 0 Å². The summed E-state index contributed by atoms with van der Waals surface area (Å²) in [5.41, 5.74) is 0. The number of nitrogens with one attached hydrogen (secondary N) is 2. The molecule has 10 nitrogen and oxygen atoms in total. The first kappa shape index (κ1) is 25.0. The maximum atomic E-state index is 12.0. The topological polar surface area (TPSA) is 162 Å². The summed E-state index contributed by atoms with van der Waals surface area (Å²) in [6, 6.07) is 17.4. The minimum atomic E-state index is -3.48. The van der Waals surface area contributed by atoms with Crippen LogP contribution in [0, 0.1) is 0 Å². The molecule has 0 fully saturated rings. The Kier molecular flexibility index (Phi) is 11.1. The molecule has 30 heavy (non-hydrogen) atoms. The normalized spacial score (nSPS) is 11.6. The van der Waals surface area contributed by atoms with Gasteiger partial charge in [-0.3, -0.25) is 0 Å². The van der Waals surface area contributed by atoms with Gasteiger partial charge in [-0.1, -0.05) is 36.4 Å². The Balaban J connectivity index is 0.000000656. The van der Waals surface area contributed by atoms with Crippen LogP contribution in [0.5, 0.6) is 5.75 Å². The first-order chi connectivity index (χ1) is 14.2. The van der Waals surface area contributed by atoms with E-state index in [4.69, 9.17) is 24.5 Å². The summed E-state index contributed by atoms with van der Waals surface area (Å²) in [6.07, 6.45) is -0.670. The van der Waals surface area contributed by atoms with Crippen molar-refractivity contribution in [2.45, 2.75) is 11.0 Å². The van der Waals surface area contributed by atoms with E-state index < -0.39 is 28.1 Å². The molecule has 0 radical (unpaired) electrons. The zero-order valence-corrected chi connectivity index (χ0v) is 16.8. The van der Waals surface area contributed by atoms with E-state index in [2.05, 4.69) is 10.0 Å². The molecule has 0 heterocycles. The fourth-order valence-corrected chi connectivity index (χ4v) is 3.05. The molecule has 2 aromatic carbocycles. The Morgan fingerprint density at radius 1 is 0.900 bits per heavy atom. The van der Waals surface area contributed by atoms with Gasteiger partial charge in [0.1, 0.15) is 18.5 Å². The summed E-state index contributed by atoms with van der Waals surface area (Å²) in [6.45, 7) is 1.14. The molecule has 5 N–H and O–H groups in total. The number of carboxylic acid groups (broad SMARTS) is 2. The number of para-hydroxylation sites is 1. The van der Waals surface area contributed by atoms with Gasteiger partial charge in [0, 0.05) is 19.6 Å². The van der Waals surface area contributed by atoms with Crippen molar-refractivity contribution in [2.75, 3.05) is 26.2 Å². The number of sulfonamides is 1. The SMILES string of the molecule is O=C(O)C(=O)O.O=S(=O)(NCCNCC(O)COc1ccccc1)c1ccccc1. The van der Waals surface area contributed by atoms with E-state index in [1.807, 2.05) is 30.3 Å². The Labute approximate surface area is 174 Å². The lowest BCUT2D eigenvalue weighted by atomic mass is 10.3. The highest BCUT2D eigenvalue weighted by atomic mass is 32.2. The van der Waals surface area contributed by atoms with Crippen molar-refractivity contribution >= 4 is 22.0 Å². The number of hydrogen-bond acceptors (Lipinski definition) is 7. The van der Waals surface area contributed by atoms with Crippen molar-refractivity contribution in [3.63, 3.8) is 0 Å². The lowest BCUT2D eigenvalue weighted by molar-refractivity contribution is -0.159. The average molecular weight is 440 g/mol. The van der Waals surface area contributed by atoms with Crippen molar-refractivity contribution in [3.8, 4) is 5.75 Å². The average Bonchev–Trinajstić information content (AvgIpc) is 2.73. The predicted octanol–water partition coefficient (Wildman–Crippen LogP) is 0.150. The molecule has 0 bridgehead atoms. The molecule has 0 spiro atoms. The number of aliphatic hydroxyl groups excluding tert-OH is 1. The quantitative estimate of drug-likeness (QED) is 0.256. The van der Waals surface area contributed by atoms with Crippen LogP contribution in [0.4, 0.5) is 0 Å². The molecule has 0 saturated carbocycles. The van der Waals surface area contributed by atoms with Gasteiger partial charge in [-0.2, -0.15) is 0 Å². The first-order valence-electron chi connectivity index (χ1n) is 8.80. The van der Waals surface area contributed by atoms with E-state index in [1.54, 1.807) is 30.3 Å². The van der Waals surface area contributed by atoms with Crippen LogP contribution in [0.1, 0.15) is 0 Å². The maximum absolute atomic E-state index is 12.0. The van der Waals surface area contributed by atoms with Gasteiger partial charge in [-0.15, -0.1) is 0 Å². The second-order valence-electron chi connectivity index (χ2n) is 5.80. The second kappa shape index (κ2) is 13.3. The third kappa shape index (κ3) is 10.5. The van der Waals surface area contributed by atoms with E-state index >= 15 is 0 Å². The predicted molar refractivity (Wildman–Crippen MR) is 108 cm³/mol. The lowest BCUT2D eigenvalue weighted by Crippen LogP contribution is -2.37. The molecule has 2 rings (SSSR count). The summed E-state index contributed by atoms with van der Waals surface area (Å²) >= 11 is 0. The van der Waals surface area contributed by atoms with Crippen LogP contribution < -0.4 is 14.8 Å². The molecule has 0 saturated heterocycles. The first-order valence-corrected chi connectivity index (χ1v) is 10.3. The van der Waals surface area contributed by atoms with Crippen LogP contribution in [0.15, 0.2) is 65.6 Å². The highest BCUT2D eigenvalue weighted by Crippen LogP contribution is 2.08. The number of benzene rings is 2. The van der Waals surface area contributed by atoms with Crippen LogP contribution in [-0.4, -0.2) is 68.0 Å². The van der Waals surface area contributed by atoms with Gasteiger partial charge < -0.3 is 25.4 Å². The van der Waals surface area contributed by atoms with Gasteiger partial charge in [0.25, 0.3) is 0 Å². The van der Waals surface area contributed by atoms with Crippen LogP contribution in [0.25, 0.3) is 0 Å². The third-order valence-electron chi connectivity index (χ3n) is 3.40. The minimum Gasteiger partial charge on any atom is -0.491 e. The van der Waals surface area contributed by atoms with E-state index in [-0.39, 0.29) is 18.0 Å². The summed E-state index contributed by atoms with van der Waals surface area (Å²) in [5.74, 6) is -2.95. The number of ether oxygens (including phenoxy) is 1. The van der Waals surface area contributed by atoms with Crippen molar-refractivity contribution in [1.82, 2.24) is 10.0 Å². The Bertz CT molecular complexity index is 864. The zero-order chi connectivity index (χ0) is 22.4. The molecule has 0 aliphatic heterocycles. The monoisotopic (exact) mass is 440 g/mol. The molecule has 11 heteroatoms. The summed E-state index contributed by atoms with van der Waals surface area (Å²) in [5, 5.41) is 27.6. The van der Waals surface area contributed by atoms with Crippen molar-refractivity contribution in [1.29, 1.82) is 0 Å². The lowest BCUT2D eigenvalue weighted by Gasteiger charge is -2.13. The van der Waals surface area contributed by atoms with Crippen LogP contribution >= 0.6 is 0 Å². The van der Waals surface area contributed by atoms with Crippen LogP contribution in [0.3, 0.4) is 0 Å². The minimum absolute atomic E-state index is 0.173. The van der Waals surface area contributed by atoms with Gasteiger partial charge in [-0.05, 0) is 24.3 Å². The number of aliphatic hydroxyl groups is 1. The Morgan fingerprint density at radius 2 is 1.43 bits per heavy atom. The maximum Gasteiger partial charge on any atom is 0.414 e. The zero-order valence-electron chi connectivity index (χ0n) is 16.0. The summed E-state index contributed by atoms with van der Waals surface area (Å²) < 4.78 is 31.9. The van der Waals surface area contributed by atoms with Crippen molar-refractivity contribution < 1.29 is 38.1 Å². The molecule has 0 aromatic heterocycles. The third-order valence-corrected chi connectivity index (χ3v) is 4.87. The van der Waals surface area contributed by atoms with Gasteiger partial charge in [-0.25, -0.2) is 22.7 Å². The fraction of sp³-hybridized carbons (Fsp3) is 0.263. The van der Waals surface area contributed by atoms with E-state index in [9.17, 15) is 13.5 Å². The van der Waals surface area contributed by atoms with E-state index in [1.165, 1.54) is 0 Å². The number of rotatable bonds is 10. The molecule has 0 aliphatic rings. The van der Waals surface area contributed by atoms with Gasteiger partial charge in [0.2, 0.25) is 10.0 Å². The number of hydrogen-bond donors (Lipinski definition) is 5. The molecule has 0 amide bonds. The molecular weight excluding hydrogens is 416 g/mol. The second-order valence-corrected chi connectivity index (χ2v) is 7.57. The van der Waals surface area contributed by atoms with Crippen LogP contribution in [0.2, 0.25) is 0 Å². The Morgan fingerprint density at radius 3 is 1.97 bits per heavy atom. The summed E-state index contributed by atoms with van der Waals surface area (Å²) in [4.78, 5) is 18.4.